The first-order valence-electron chi connectivity index (χ1n) is 4.99. The molecule has 2 rings (SSSR count). The van der Waals surface area contributed by atoms with E-state index in [2.05, 4.69) is 20.3 Å². The highest BCUT2D eigenvalue weighted by Gasteiger charge is 2.07. The molecule has 0 amide bonds. The van der Waals surface area contributed by atoms with Gasteiger partial charge in [0, 0.05) is 12.4 Å². The van der Waals surface area contributed by atoms with E-state index < -0.39 is 0 Å². The molecular weight excluding hydrogens is 202 g/mol. The summed E-state index contributed by atoms with van der Waals surface area (Å²) in [5.41, 5.74) is 7.42. The molecule has 16 heavy (non-hydrogen) atoms. The van der Waals surface area contributed by atoms with Crippen LogP contribution in [0.25, 0.3) is 0 Å². The molecule has 0 fully saturated rings. The van der Waals surface area contributed by atoms with Gasteiger partial charge in [-0.2, -0.15) is 0 Å². The minimum Gasteiger partial charge on any atom is -0.394 e. The third kappa shape index (κ3) is 2.25. The van der Waals surface area contributed by atoms with Crippen LogP contribution < -0.4 is 11.1 Å². The summed E-state index contributed by atoms with van der Waals surface area (Å²) < 4.78 is 0. The van der Waals surface area contributed by atoms with E-state index in [-0.39, 0.29) is 6.04 Å². The van der Waals surface area contributed by atoms with Gasteiger partial charge in [-0.25, -0.2) is 9.97 Å². The van der Waals surface area contributed by atoms with Crippen LogP contribution in [0.4, 0.5) is 11.5 Å². The summed E-state index contributed by atoms with van der Waals surface area (Å²) >= 11 is 0. The number of nitrogens with two attached hydrogens (primary N) is 1. The Bertz CT molecular complexity index is 457. The summed E-state index contributed by atoms with van der Waals surface area (Å²) in [6.45, 7) is 2.04. The van der Waals surface area contributed by atoms with Crippen molar-refractivity contribution >= 4 is 11.5 Å². The minimum atomic E-state index is 0.125. The van der Waals surface area contributed by atoms with Crippen LogP contribution in [0.2, 0.25) is 0 Å². The van der Waals surface area contributed by atoms with Gasteiger partial charge in [-0.15, -0.1) is 0 Å². The van der Waals surface area contributed by atoms with Gasteiger partial charge in [0.15, 0.2) is 5.82 Å². The van der Waals surface area contributed by atoms with Gasteiger partial charge in [0.25, 0.3) is 0 Å². The maximum absolute atomic E-state index is 5.75. The molecule has 3 N–H and O–H groups in total. The molecule has 2 aromatic rings. The van der Waals surface area contributed by atoms with Crippen molar-refractivity contribution in [1.29, 1.82) is 0 Å². The molecule has 0 aromatic carbocycles. The Balaban J connectivity index is 2.14. The molecule has 0 spiro atoms. The molecule has 0 aliphatic rings. The number of nitrogens with zero attached hydrogens (tertiary/aromatic N) is 3. The van der Waals surface area contributed by atoms with Gasteiger partial charge >= 0.3 is 0 Å². The Morgan fingerprint density at radius 1 is 1.25 bits per heavy atom. The van der Waals surface area contributed by atoms with E-state index in [4.69, 9.17) is 5.73 Å². The fraction of sp³-hybridized carbons (Fsp3) is 0.182. The number of pyridine rings is 1. The van der Waals surface area contributed by atoms with Crippen LogP contribution in [0, 0.1) is 0 Å². The summed E-state index contributed by atoms with van der Waals surface area (Å²) in [5.74, 6) is 0.652. The van der Waals surface area contributed by atoms with Crippen molar-refractivity contribution < 1.29 is 0 Å². The molecule has 5 heteroatoms. The predicted octanol–water partition coefficient (Wildman–Crippen LogP) is 1.63. The zero-order valence-electron chi connectivity index (χ0n) is 8.96. The van der Waals surface area contributed by atoms with Crippen LogP contribution in [0.3, 0.4) is 0 Å². The molecular formula is C11H13N5. The first-order valence-corrected chi connectivity index (χ1v) is 4.99. The van der Waals surface area contributed by atoms with Crippen LogP contribution in [0.5, 0.6) is 0 Å². The molecule has 1 unspecified atom stereocenters. The van der Waals surface area contributed by atoms with Crippen molar-refractivity contribution in [2.75, 3.05) is 11.1 Å². The number of hydrogen-bond acceptors (Lipinski definition) is 5. The molecule has 0 saturated heterocycles. The first-order chi connectivity index (χ1) is 7.77. The maximum Gasteiger partial charge on any atom is 0.153 e. The number of aromatic nitrogens is 3. The van der Waals surface area contributed by atoms with Gasteiger partial charge in [0.05, 0.1) is 17.9 Å². The molecule has 0 bridgehead atoms. The van der Waals surface area contributed by atoms with Gasteiger partial charge in [0.2, 0.25) is 0 Å². The van der Waals surface area contributed by atoms with Crippen molar-refractivity contribution in [3.8, 4) is 0 Å². The van der Waals surface area contributed by atoms with Crippen molar-refractivity contribution in [2.24, 2.45) is 0 Å². The predicted molar refractivity (Wildman–Crippen MR) is 62.7 cm³/mol. The summed E-state index contributed by atoms with van der Waals surface area (Å²) in [7, 11) is 0. The quantitative estimate of drug-likeness (QED) is 0.813. The lowest BCUT2D eigenvalue weighted by molar-refractivity contribution is 0.869. The van der Waals surface area contributed by atoms with Crippen LogP contribution in [-0.4, -0.2) is 15.0 Å². The standard InChI is InChI=1S/C11H13N5/c1-8(9-2-4-13-5-3-9)16-11-10(12)6-14-7-15-11/h2-8H,12H2,1H3,(H,14,15,16). The van der Waals surface area contributed by atoms with Gasteiger partial charge in [-0.05, 0) is 24.6 Å². The van der Waals surface area contributed by atoms with Crippen molar-refractivity contribution in [3.05, 3.63) is 42.6 Å². The molecule has 0 aliphatic carbocycles. The molecule has 5 nitrogen and oxygen atoms in total. The van der Waals surface area contributed by atoms with Gasteiger partial charge in [-0.3, -0.25) is 4.98 Å². The van der Waals surface area contributed by atoms with E-state index >= 15 is 0 Å². The lowest BCUT2D eigenvalue weighted by atomic mass is 10.1. The second kappa shape index (κ2) is 4.57. The molecule has 2 aromatic heterocycles. The highest BCUT2D eigenvalue weighted by molar-refractivity contribution is 5.59. The van der Waals surface area contributed by atoms with E-state index in [1.807, 2.05) is 19.1 Å². The van der Waals surface area contributed by atoms with E-state index in [1.54, 1.807) is 18.6 Å². The van der Waals surface area contributed by atoms with Crippen molar-refractivity contribution in [2.45, 2.75) is 13.0 Å². The van der Waals surface area contributed by atoms with Crippen LogP contribution in [0.15, 0.2) is 37.1 Å². The average molecular weight is 215 g/mol. The largest absolute Gasteiger partial charge is 0.394 e. The molecule has 1 atom stereocenters. The fourth-order valence-corrected chi connectivity index (χ4v) is 1.40. The Morgan fingerprint density at radius 2 is 2.00 bits per heavy atom. The van der Waals surface area contributed by atoms with Crippen LogP contribution in [-0.2, 0) is 0 Å². The average Bonchev–Trinajstić information content (AvgIpc) is 2.33. The number of anilines is 2. The number of nitrogen functional groups attached to an aromatic ring is 1. The van der Waals surface area contributed by atoms with Gasteiger partial charge in [0.1, 0.15) is 6.33 Å². The minimum absolute atomic E-state index is 0.125. The lowest BCUT2D eigenvalue weighted by Crippen LogP contribution is -2.10. The Hall–Kier alpha value is -2.17. The second-order valence-electron chi connectivity index (χ2n) is 3.47. The van der Waals surface area contributed by atoms with E-state index in [0.717, 1.165) is 5.56 Å². The highest BCUT2D eigenvalue weighted by atomic mass is 15.0. The number of hydrogen-bond donors (Lipinski definition) is 2. The maximum atomic E-state index is 5.75. The third-order valence-electron chi connectivity index (χ3n) is 2.30. The van der Waals surface area contributed by atoms with Gasteiger partial charge in [-0.1, -0.05) is 0 Å². The fourth-order valence-electron chi connectivity index (χ4n) is 1.40. The van der Waals surface area contributed by atoms with Gasteiger partial charge < -0.3 is 11.1 Å². The lowest BCUT2D eigenvalue weighted by Gasteiger charge is -2.15. The monoisotopic (exact) mass is 215 g/mol. The molecule has 0 radical (unpaired) electrons. The normalized spacial score (nSPS) is 12.1. The van der Waals surface area contributed by atoms with Crippen molar-refractivity contribution in [1.82, 2.24) is 15.0 Å². The Morgan fingerprint density at radius 3 is 2.69 bits per heavy atom. The molecule has 2 heterocycles. The summed E-state index contributed by atoms with van der Waals surface area (Å²) in [5, 5.41) is 3.22. The number of nitrogens with one attached hydrogen (secondary N) is 1. The van der Waals surface area contributed by atoms with E-state index in [9.17, 15) is 0 Å². The smallest absolute Gasteiger partial charge is 0.153 e. The molecule has 82 valence electrons. The van der Waals surface area contributed by atoms with E-state index in [1.165, 1.54) is 6.33 Å². The first kappa shape index (κ1) is 10.4. The second-order valence-corrected chi connectivity index (χ2v) is 3.47. The van der Waals surface area contributed by atoms with Crippen LogP contribution in [0.1, 0.15) is 18.5 Å². The summed E-state index contributed by atoms with van der Waals surface area (Å²) in [4.78, 5) is 11.9. The summed E-state index contributed by atoms with van der Waals surface area (Å²) in [6.07, 6.45) is 6.57. The zero-order valence-corrected chi connectivity index (χ0v) is 8.96. The van der Waals surface area contributed by atoms with Crippen LogP contribution >= 0.6 is 0 Å². The van der Waals surface area contributed by atoms with E-state index in [0.29, 0.717) is 11.5 Å². The Kier molecular flexibility index (Phi) is 2.95. The Labute approximate surface area is 93.8 Å². The topological polar surface area (TPSA) is 76.7 Å². The summed E-state index contributed by atoms with van der Waals surface area (Å²) in [6, 6.07) is 4.03. The molecule has 0 saturated carbocycles. The SMILES string of the molecule is CC(Nc1ncncc1N)c1ccncc1. The highest BCUT2D eigenvalue weighted by Crippen LogP contribution is 2.20. The zero-order chi connectivity index (χ0) is 11.4. The third-order valence-corrected chi connectivity index (χ3v) is 2.30. The number of rotatable bonds is 3. The molecule has 0 aliphatic heterocycles. The van der Waals surface area contributed by atoms with Crippen molar-refractivity contribution in [3.63, 3.8) is 0 Å².